The van der Waals surface area contributed by atoms with Crippen molar-refractivity contribution in [3.8, 4) is 0 Å². The monoisotopic (exact) mass is 282 g/mol. The van der Waals surface area contributed by atoms with Gasteiger partial charge < -0.3 is 11.1 Å². The van der Waals surface area contributed by atoms with Gasteiger partial charge in [0.2, 0.25) is 5.91 Å². The van der Waals surface area contributed by atoms with Gasteiger partial charge in [-0.3, -0.25) is 9.59 Å². The van der Waals surface area contributed by atoms with Gasteiger partial charge in [-0.1, -0.05) is 6.07 Å². The van der Waals surface area contributed by atoms with Crippen molar-refractivity contribution in [1.82, 2.24) is 5.32 Å². The van der Waals surface area contributed by atoms with Gasteiger partial charge in [0.05, 0.1) is 11.5 Å². The number of nitrogens with two attached hydrogens (primary N) is 1. The zero-order valence-corrected chi connectivity index (χ0v) is 10.9. The molecule has 0 spiro atoms. The molecule has 0 aliphatic carbocycles. The van der Waals surface area contributed by atoms with Crippen molar-refractivity contribution in [3.63, 3.8) is 0 Å². The summed E-state index contributed by atoms with van der Waals surface area (Å²) in [6, 6.07) is 5.64. The summed E-state index contributed by atoms with van der Waals surface area (Å²) in [5, 5.41) is 2.65. The lowest BCUT2D eigenvalue weighted by Crippen LogP contribution is -2.35. The van der Waals surface area contributed by atoms with E-state index in [0.29, 0.717) is 12.0 Å². The molecule has 0 bridgehead atoms. The predicted octanol–water partition coefficient (Wildman–Crippen LogP) is -0.298. The van der Waals surface area contributed by atoms with Crippen LogP contribution < -0.4 is 11.1 Å². The molecule has 0 aromatic heterocycles. The molecule has 1 aromatic carbocycles. The van der Waals surface area contributed by atoms with E-state index in [-0.39, 0.29) is 23.1 Å². The van der Waals surface area contributed by atoms with E-state index in [4.69, 9.17) is 5.73 Å². The highest BCUT2D eigenvalue weighted by atomic mass is 32.2. The molecule has 0 radical (unpaired) electrons. The first-order chi connectivity index (χ1) is 8.87. The summed E-state index contributed by atoms with van der Waals surface area (Å²) in [5.41, 5.74) is 5.67. The molecule has 1 heterocycles. The van der Waals surface area contributed by atoms with Crippen LogP contribution in [0.25, 0.3) is 0 Å². The first-order valence-corrected chi connectivity index (χ1v) is 7.61. The van der Waals surface area contributed by atoms with E-state index in [9.17, 15) is 18.0 Å². The van der Waals surface area contributed by atoms with Crippen LogP contribution in [0.2, 0.25) is 0 Å². The molecular formula is C12H14N2O4S. The second-order valence-electron chi connectivity index (χ2n) is 4.52. The Morgan fingerprint density at radius 2 is 1.95 bits per heavy atom. The number of primary amides is 1. The molecule has 2 amide bonds. The van der Waals surface area contributed by atoms with Crippen LogP contribution in [0.15, 0.2) is 24.3 Å². The summed E-state index contributed by atoms with van der Waals surface area (Å²) in [6.45, 7) is 0. The Hall–Kier alpha value is -1.89. The predicted molar refractivity (Wildman–Crippen MR) is 69.5 cm³/mol. The maximum absolute atomic E-state index is 11.9. The maximum atomic E-state index is 11.9. The molecule has 19 heavy (non-hydrogen) atoms. The van der Waals surface area contributed by atoms with Gasteiger partial charge in [-0.25, -0.2) is 8.42 Å². The first kappa shape index (κ1) is 13.5. The Bertz CT molecular complexity index is 624. The number of carbonyl (C=O) groups is 2. The van der Waals surface area contributed by atoms with Gasteiger partial charge in [-0.05, 0) is 24.6 Å². The number of rotatable bonds is 3. The first-order valence-electron chi connectivity index (χ1n) is 5.78. The highest BCUT2D eigenvalue weighted by Crippen LogP contribution is 2.12. The Balaban J connectivity index is 2.08. The van der Waals surface area contributed by atoms with Crippen LogP contribution in [0, 0.1) is 0 Å². The fourth-order valence-electron chi connectivity index (χ4n) is 1.99. The van der Waals surface area contributed by atoms with Crippen LogP contribution in [0.4, 0.5) is 0 Å². The summed E-state index contributed by atoms with van der Waals surface area (Å²) in [7, 11) is -3.03. The summed E-state index contributed by atoms with van der Waals surface area (Å²) < 4.78 is 22.6. The third-order valence-electron chi connectivity index (χ3n) is 2.98. The number of benzene rings is 1. The van der Waals surface area contributed by atoms with Crippen LogP contribution >= 0.6 is 0 Å². The standard InChI is InChI=1S/C12H14N2O4S/c13-11(15)8-2-1-3-9(6-8)12(16)14-10-4-5-19(17,18)7-10/h1-3,6,10H,4-5,7H2,(H2,13,15)(H,14,16). The second-order valence-corrected chi connectivity index (χ2v) is 6.75. The van der Waals surface area contributed by atoms with Crippen LogP contribution in [-0.4, -0.2) is 37.8 Å². The molecule has 1 atom stereocenters. The number of hydrogen-bond donors (Lipinski definition) is 2. The minimum atomic E-state index is -3.03. The average molecular weight is 282 g/mol. The van der Waals surface area contributed by atoms with E-state index < -0.39 is 21.7 Å². The van der Waals surface area contributed by atoms with E-state index in [1.807, 2.05) is 0 Å². The molecule has 1 unspecified atom stereocenters. The molecule has 2 rings (SSSR count). The summed E-state index contributed by atoms with van der Waals surface area (Å²) in [6.07, 6.45) is 0.420. The topological polar surface area (TPSA) is 106 Å². The van der Waals surface area contributed by atoms with Crippen LogP contribution in [0.1, 0.15) is 27.1 Å². The number of sulfone groups is 1. The number of hydrogen-bond acceptors (Lipinski definition) is 4. The quantitative estimate of drug-likeness (QED) is 0.794. The van der Waals surface area contributed by atoms with Gasteiger partial charge in [0.1, 0.15) is 0 Å². The maximum Gasteiger partial charge on any atom is 0.251 e. The minimum absolute atomic E-state index is 0.0335. The number of carbonyl (C=O) groups excluding carboxylic acids is 2. The smallest absolute Gasteiger partial charge is 0.251 e. The van der Waals surface area contributed by atoms with E-state index in [1.54, 1.807) is 12.1 Å². The SMILES string of the molecule is NC(=O)c1cccc(C(=O)NC2CCS(=O)(=O)C2)c1. The van der Waals surface area contributed by atoms with E-state index in [2.05, 4.69) is 5.32 Å². The normalized spacial score (nSPS) is 20.9. The summed E-state index contributed by atoms with van der Waals surface area (Å²) >= 11 is 0. The van der Waals surface area contributed by atoms with Gasteiger partial charge in [-0.2, -0.15) is 0 Å². The zero-order chi connectivity index (χ0) is 14.0. The Morgan fingerprint density at radius 1 is 1.26 bits per heavy atom. The van der Waals surface area contributed by atoms with E-state index in [1.165, 1.54) is 12.1 Å². The third kappa shape index (κ3) is 3.31. The van der Waals surface area contributed by atoms with Gasteiger partial charge in [0, 0.05) is 17.2 Å². The van der Waals surface area contributed by atoms with Crippen molar-refractivity contribution in [1.29, 1.82) is 0 Å². The fourth-order valence-corrected chi connectivity index (χ4v) is 3.66. The lowest BCUT2D eigenvalue weighted by atomic mass is 10.1. The highest BCUT2D eigenvalue weighted by Gasteiger charge is 2.29. The molecule has 0 saturated carbocycles. The van der Waals surface area contributed by atoms with Gasteiger partial charge >= 0.3 is 0 Å². The molecule has 6 nitrogen and oxygen atoms in total. The highest BCUT2D eigenvalue weighted by molar-refractivity contribution is 7.91. The van der Waals surface area contributed by atoms with Gasteiger partial charge in [0.25, 0.3) is 5.91 Å². The second kappa shape index (κ2) is 5.00. The van der Waals surface area contributed by atoms with Crippen molar-refractivity contribution < 1.29 is 18.0 Å². The molecule has 1 fully saturated rings. The van der Waals surface area contributed by atoms with Gasteiger partial charge in [0.15, 0.2) is 9.84 Å². The van der Waals surface area contributed by atoms with Gasteiger partial charge in [-0.15, -0.1) is 0 Å². The fraction of sp³-hybridized carbons (Fsp3) is 0.333. The molecule has 1 aliphatic rings. The van der Waals surface area contributed by atoms with Crippen molar-refractivity contribution in [2.24, 2.45) is 5.73 Å². The van der Waals surface area contributed by atoms with Crippen LogP contribution in [0.3, 0.4) is 0 Å². The molecule has 1 saturated heterocycles. The van der Waals surface area contributed by atoms with Crippen LogP contribution in [-0.2, 0) is 9.84 Å². The minimum Gasteiger partial charge on any atom is -0.366 e. The third-order valence-corrected chi connectivity index (χ3v) is 4.74. The van der Waals surface area contributed by atoms with Crippen molar-refractivity contribution in [2.45, 2.75) is 12.5 Å². The largest absolute Gasteiger partial charge is 0.366 e. The number of amides is 2. The Morgan fingerprint density at radius 3 is 2.53 bits per heavy atom. The summed E-state index contributed by atoms with van der Waals surface area (Å²) in [5.74, 6) is -0.948. The Labute approximate surface area is 110 Å². The molecule has 7 heteroatoms. The van der Waals surface area contributed by atoms with Crippen LogP contribution in [0.5, 0.6) is 0 Å². The van der Waals surface area contributed by atoms with E-state index >= 15 is 0 Å². The number of nitrogens with one attached hydrogen (secondary N) is 1. The van der Waals surface area contributed by atoms with Crippen molar-refractivity contribution in [3.05, 3.63) is 35.4 Å². The Kier molecular flexibility index (Phi) is 3.57. The molecule has 102 valence electrons. The van der Waals surface area contributed by atoms with Crippen molar-refractivity contribution in [2.75, 3.05) is 11.5 Å². The van der Waals surface area contributed by atoms with E-state index in [0.717, 1.165) is 0 Å². The molecule has 1 aromatic rings. The molecule has 3 N–H and O–H groups in total. The van der Waals surface area contributed by atoms with Crippen molar-refractivity contribution >= 4 is 21.7 Å². The lowest BCUT2D eigenvalue weighted by molar-refractivity contribution is 0.0941. The lowest BCUT2D eigenvalue weighted by Gasteiger charge is -2.11. The average Bonchev–Trinajstić information content (AvgIpc) is 2.68. The zero-order valence-electron chi connectivity index (χ0n) is 10.1. The summed E-state index contributed by atoms with van der Waals surface area (Å²) in [4.78, 5) is 22.9. The molecular weight excluding hydrogens is 268 g/mol. The molecule has 1 aliphatic heterocycles.